The van der Waals surface area contributed by atoms with E-state index in [0.29, 0.717) is 18.9 Å². The van der Waals surface area contributed by atoms with Gasteiger partial charge >= 0.3 is 0 Å². The minimum absolute atomic E-state index is 0.258. The number of ketones is 1. The average molecular weight is 237 g/mol. The van der Waals surface area contributed by atoms with Crippen LogP contribution < -0.4 is 0 Å². The standard InChI is InChI=1S/C13H23N3O/c1-5-11(2)16-9-6-12(14-16)10-13(17)7-8-15(3)4/h6,9,11H,5,7-8,10H2,1-4H3. The van der Waals surface area contributed by atoms with E-state index >= 15 is 0 Å². The first-order chi connectivity index (χ1) is 8.02. The highest BCUT2D eigenvalue weighted by molar-refractivity contribution is 5.80. The van der Waals surface area contributed by atoms with E-state index in [-0.39, 0.29) is 5.78 Å². The van der Waals surface area contributed by atoms with Crippen molar-refractivity contribution in [3.63, 3.8) is 0 Å². The van der Waals surface area contributed by atoms with Crippen molar-refractivity contribution >= 4 is 5.78 Å². The Morgan fingerprint density at radius 3 is 2.82 bits per heavy atom. The third-order valence-electron chi connectivity index (χ3n) is 2.92. The summed E-state index contributed by atoms with van der Waals surface area (Å²) in [6.07, 6.45) is 4.07. The topological polar surface area (TPSA) is 38.1 Å². The van der Waals surface area contributed by atoms with Crippen LogP contribution in [0.4, 0.5) is 0 Å². The van der Waals surface area contributed by atoms with Crippen LogP contribution in [0.3, 0.4) is 0 Å². The van der Waals surface area contributed by atoms with Gasteiger partial charge in [0.1, 0.15) is 5.78 Å². The van der Waals surface area contributed by atoms with Gasteiger partial charge in [0.05, 0.1) is 12.1 Å². The van der Waals surface area contributed by atoms with Gasteiger partial charge in [0.15, 0.2) is 0 Å². The van der Waals surface area contributed by atoms with Crippen LogP contribution in [-0.4, -0.2) is 41.1 Å². The molecule has 0 fully saturated rings. The second kappa shape index (κ2) is 6.55. The molecule has 4 heteroatoms. The van der Waals surface area contributed by atoms with Crippen molar-refractivity contribution in [1.29, 1.82) is 0 Å². The molecular formula is C13H23N3O. The smallest absolute Gasteiger partial charge is 0.140 e. The molecule has 0 amide bonds. The molecule has 0 aromatic carbocycles. The van der Waals surface area contributed by atoms with Crippen molar-refractivity contribution in [2.45, 2.75) is 39.2 Å². The van der Waals surface area contributed by atoms with Crippen LogP contribution in [0, 0.1) is 0 Å². The molecule has 0 aliphatic rings. The summed E-state index contributed by atoms with van der Waals surface area (Å²) >= 11 is 0. The van der Waals surface area contributed by atoms with Gasteiger partial charge in [-0.05, 0) is 33.5 Å². The molecule has 0 saturated heterocycles. The highest BCUT2D eigenvalue weighted by Crippen LogP contribution is 2.09. The fourth-order valence-corrected chi connectivity index (χ4v) is 1.54. The van der Waals surface area contributed by atoms with Gasteiger partial charge in [0.2, 0.25) is 0 Å². The van der Waals surface area contributed by atoms with E-state index in [0.717, 1.165) is 18.7 Å². The molecule has 0 aliphatic carbocycles. The van der Waals surface area contributed by atoms with Crippen LogP contribution in [-0.2, 0) is 11.2 Å². The third-order valence-corrected chi connectivity index (χ3v) is 2.92. The Morgan fingerprint density at radius 1 is 1.53 bits per heavy atom. The first-order valence-corrected chi connectivity index (χ1v) is 6.23. The molecule has 0 aliphatic heterocycles. The lowest BCUT2D eigenvalue weighted by atomic mass is 10.1. The van der Waals surface area contributed by atoms with Crippen molar-refractivity contribution in [3.05, 3.63) is 18.0 Å². The van der Waals surface area contributed by atoms with E-state index in [9.17, 15) is 4.79 Å². The minimum Gasteiger partial charge on any atom is -0.309 e. The molecule has 0 N–H and O–H groups in total. The number of hydrogen-bond acceptors (Lipinski definition) is 3. The molecular weight excluding hydrogens is 214 g/mol. The maximum Gasteiger partial charge on any atom is 0.140 e. The second-order valence-corrected chi connectivity index (χ2v) is 4.81. The number of carbonyl (C=O) groups is 1. The summed E-state index contributed by atoms with van der Waals surface area (Å²) in [6.45, 7) is 5.07. The van der Waals surface area contributed by atoms with Crippen LogP contribution in [0.5, 0.6) is 0 Å². The van der Waals surface area contributed by atoms with Crippen LogP contribution in [0.25, 0.3) is 0 Å². The first kappa shape index (κ1) is 13.9. The largest absolute Gasteiger partial charge is 0.309 e. The molecule has 96 valence electrons. The minimum atomic E-state index is 0.258. The van der Waals surface area contributed by atoms with E-state index in [1.807, 2.05) is 35.9 Å². The molecule has 17 heavy (non-hydrogen) atoms. The maximum absolute atomic E-state index is 11.7. The van der Waals surface area contributed by atoms with Gasteiger partial charge in [-0.1, -0.05) is 6.92 Å². The van der Waals surface area contributed by atoms with Gasteiger partial charge < -0.3 is 4.90 Å². The van der Waals surface area contributed by atoms with E-state index < -0.39 is 0 Å². The van der Waals surface area contributed by atoms with E-state index in [2.05, 4.69) is 18.9 Å². The number of aromatic nitrogens is 2. The van der Waals surface area contributed by atoms with E-state index in [4.69, 9.17) is 0 Å². The predicted molar refractivity (Wildman–Crippen MR) is 69.1 cm³/mol. The molecule has 0 saturated carbocycles. The molecule has 1 heterocycles. The zero-order valence-electron chi connectivity index (χ0n) is 11.3. The lowest BCUT2D eigenvalue weighted by Crippen LogP contribution is -2.17. The quantitative estimate of drug-likeness (QED) is 0.727. The lowest BCUT2D eigenvalue weighted by Gasteiger charge is -2.08. The first-order valence-electron chi connectivity index (χ1n) is 6.23. The fourth-order valence-electron chi connectivity index (χ4n) is 1.54. The summed E-state index contributed by atoms with van der Waals surface area (Å²) in [6, 6.07) is 2.35. The molecule has 4 nitrogen and oxygen atoms in total. The van der Waals surface area contributed by atoms with Crippen LogP contribution in [0.15, 0.2) is 12.3 Å². The Morgan fingerprint density at radius 2 is 2.24 bits per heavy atom. The highest BCUT2D eigenvalue weighted by atomic mass is 16.1. The van der Waals surface area contributed by atoms with Crippen molar-refractivity contribution in [1.82, 2.24) is 14.7 Å². The number of rotatable bonds is 7. The molecule has 0 radical (unpaired) electrons. The Balaban J connectivity index is 2.46. The molecule has 1 aromatic rings. The number of hydrogen-bond donors (Lipinski definition) is 0. The zero-order valence-corrected chi connectivity index (χ0v) is 11.3. The molecule has 1 unspecified atom stereocenters. The summed E-state index contributed by atoms with van der Waals surface area (Å²) in [4.78, 5) is 13.7. The summed E-state index contributed by atoms with van der Waals surface area (Å²) < 4.78 is 1.94. The molecule has 1 atom stereocenters. The summed E-state index contributed by atoms with van der Waals surface area (Å²) in [5, 5.41) is 4.43. The number of nitrogens with zero attached hydrogens (tertiary/aromatic N) is 3. The Bertz CT molecular complexity index is 357. The maximum atomic E-state index is 11.7. The van der Waals surface area contributed by atoms with Gasteiger partial charge in [-0.15, -0.1) is 0 Å². The van der Waals surface area contributed by atoms with Gasteiger partial charge in [-0.25, -0.2) is 0 Å². The highest BCUT2D eigenvalue weighted by Gasteiger charge is 2.09. The average Bonchev–Trinajstić information content (AvgIpc) is 2.73. The normalized spacial score (nSPS) is 13.0. The van der Waals surface area contributed by atoms with Gasteiger partial charge in [-0.2, -0.15) is 5.10 Å². The summed E-state index contributed by atoms with van der Waals surface area (Å²) in [5.74, 6) is 0.258. The third kappa shape index (κ3) is 4.69. The zero-order chi connectivity index (χ0) is 12.8. The van der Waals surface area contributed by atoms with E-state index in [1.165, 1.54) is 0 Å². The Kier molecular flexibility index (Phi) is 5.35. The molecule has 0 spiro atoms. The Hall–Kier alpha value is -1.16. The summed E-state index contributed by atoms with van der Waals surface area (Å²) in [5.41, 5.74) is 0.883. The van der Waals surface area contributed by atoms with E-state index in [1.54, 1.807) is 0 Å². The van der Waals surface area contributed by atoms with Crippen LogP contribution in [0.2, 0.25) is 0 Å². The predicted octanol–water partition coefficient (Wildman–Crippen LogP) is 1.92. The lowest BCUT2D eigenvalue weighted by molar-refractivity contribution is -0.118. The van der Waals surface area contributed by atoms with Crippen molar-refractivity contribution in [2.24, 2.45) is 0 Å². The molecule has 1 aromatic heterocycles. The van der Waals surface area contributed by atoms with Gasteiger partial charge in [0.25, 0.3) is 0 Å². The fraction of sp³-hybridized carbons (Fsp3) is 0.692. The molecule has 0 bridgehead atoms. The van der Waals surface area contributed by atoms with Gasteiger partial charge in [0, 0.05) is 25.2 Å². The van der Waals surface area contributed by atoms with Crippen LogP contribution in [0.1, 0.15) is 38.4 Å². The van der Waals surface area contributed by atoms with Crippen LogP contribution >= 0.6 is 0 Å². The van der Waals surface area contributed by atoms with Gasteiger partial charge in [-0.3, -0.25) is 9.48 Å². The monoisotopic (exact) mass is 237 g/mol. The van der Waals surface area contributed by atoms with Crippen molar-refractivity contribution in [3.8, 4) is 0 Å². The van der Waals surface area contributed by atoms with Crippen molar-refractivity contribution < 1.29 is 4.79 Å². The SMILES string of the molecule is CCC(C)n1ccc(CC(=O)CCN(C)C)n1. The Labute approximate surface area is 104 Å². The number of carbonyl (C=O) groups excluding carboxylic acids is 1. The number of Topliss-reactive ketones (excluding diaryl/α,β-unsaturated/α-hetero) is 1. The summed E-state index contributed by atoms with van der Waals surface area (Å²) in [7, 11) is 3.95. The molecule has 1 rings (SSSR count). The second-order valence-electron chi connectivity index (χ2n) is 4.81. The van der Waals surface area contributed by atoms with Crippen molar-refractivity contribution in [2.75, 3.05) is 20.6 Å².